The Bertz CT molecular complexity index is 524. The lowest BCUT2D eigenvalue weighted by molar-refractivity contribution is -0.140. The average Bonchev–Trinajstić information content (AvgIpc) is 2.72. The molecule has 2 N–H and O–H groups in total. The van der Waals surface area contributed by atoms with Crippen LogP contribution in [0, 0.1) is 5.92 Å². The number of aliphatic carboxylic acids is 1. The van der Waals surface area contributed by atoms with E-state index in [-0.39, 0.29) is 11.6 Å². The molecule has 0 aromatic carbocycles. The van der Waals surface area contributed by atoms with Gasteiger partial charge in [0.2, 0.25) is 0 Å². The number of fused-ring (bicyclic) bond motifs is 1. The van der Waals surface area contributed by atoms with Crippen molar-refractivity contribution in [1.82, 2.24) is 10.5 Å². The summed E-state index contributed by atoms with van der Waals surface area (Å²) in [6.45, 7) is 3.71. The molecule has 2 unspecified atom stereocenters. The molecule has 2 atom stereocenters. The Balaban J connectivity index is 2.16. The fourth-order valence-corrected chi connectivity index (χ4v) is 2.63. The Labute approximate surface area is 123 Å². The predicted octanol–water partition coefficient (Wildman–Crippen LogP) is 2.17. The van der Waals surface area contributed by atoms with E-state index in [1.54, 1.807) is 0 Å². The fourth-order valence-electron chi connectivity index (χ4n) is 2.63. The Morgan fingerprint density at radius 3 is 2.71 bits per heavy atom. The van der Waals surface area contributed by atoms with E-state index in [1.165, 1.54) is 0 Å². The van der Waals surface area contributed by atoms with Crippen molar-refractivity contribution in [3.8, 4) is 0 Å². The molecule has 0 saturated heterocycles. The van der Waals surface area contributed by atoms with Crippen molar-refractivity contribution in [2.45, 2.75) is 58.4 Å². The third-order valence-electron chi connectivity index (χ3n) is 4.18. The number of nitrogens with one attached hydrogen (secondary N) is 1. The van der Waals surface area contributed by atoms with Crippen molar-refractivity contribution in [2.24, 2.45) is 5.92 Å². The largest absolute Gasteiger partial charge is 0.480 e. The van der Waals surface area contributed by atoms with E-state index in [9.17, 15) is 14.7 Å². The molecule has 1 aliphatic rings. The lowest BCUT2D eigenvalue weighted by atomic mass is 9.99. The first kappa shape index (κ1) is 15.5. The minimum atomic E-state index is -1.02. The van der Waals surface area contributed by atoms with E-state index in [4.69, 9.17) is 4.52 Å². The van der Waals surface area contributed by atoms with Gasteiger partial charge in [-0.05, 0) is 25.2 Å². The number of nitrogens with zero attached hydrogens (tertiary/aromatic N) is 1. The van der Waals surface area contributed by atoms with Crippen LogP contribution in [0.4, 0.5) is 0 Å². The Morgan fingerprint density at radius 1 is 1.33 bits per heavy atom. The molecule has 1 heterocycles. The molecule has 0 spiro atoms. The summed E-state index contributed by atoms with van der Waals surface area (Å²) in [5.41, 5.74) is 1.10. The lowest BCUT2D eigenvalue weighted by Crippen LogP contribution is -2.45. The second kappa shape index (κ2) is 6.74. The maximum absolute atomic E-state index is 12.3. The fraction of sp³-hybridized carbons (Fsp3) is 0.667. The topological polar surface area (TPSA) is 92.4 Å². The zero-order chi connectivity index (χ0) is 15.4. The van der Waals surface area contributed by atoms with Crippen LogP contribution in [0.5, 0.6) is 0 Å². The molecule has 2 rings (SSSR count). The van der Waals surface area contributed by atoms with E-state index >= 15 is 0 Å². The van der Waals surface area contributed by atoms with Crippen molar-refractivity contribution in [1.29, 1.82) is 0 Å². The highest BCUT2D eigenvalue weighted by molar-refractivity contribution is 5.96. The Morgan fingerprint density at radius 2 is 2.05 bits per heavy atom. The SMILES string of the molecule is CCC(C)C(NC(=O)c1noc2c1CCCCC2)C(=O)O. The molecule has 1 aliphatic carbocycles. The zero-order valence-electron chi connectivity index (χ0n) is 12.5. The highest BCUT2D eigenvalue weighted by atomic mass is 16.5. The van der Waals surface area contributed by atoms with E-state index in [1.807, 2.05) is 13.8 Å². The third-order valence-corrected chi connectivity index (χ3v) is 4.18. The van der Waals surface area contributed by atoms with Gasteiger partial charge in [0.05, 0.1) is 0 Å². The summed E-state index contributed by atoms with van der Waals surface area (Å²) in [5, 5.41) is 15.7. The molecule has 6 nitrogen and oxygen atoms in total. The Hall–Kier alpha value is -1.85. The van der Waals surface area contributed by atoms with Crippen LogP contribution in [0.25, 0.3) is 0 Å². The molecule has 21 heavy (non-hydrogen) atoms. The van der Waals surface area contributed by atoms with E-state index in [0.29, 0.717) is 6.42 Å². The highest BCUT2D eigenvalue weighted by Gasteiger charge is 2.29. The number of carbonyl (C=O) groups is 2. The number of carboxylic acid groups (broad SMARTS) is 1. The zero-order valence-corrected chi connectivity index (χ0v) is 12.5. The number of carboxylic acids is 1. The number of aryl methyl sites for hydroxylation is 1. The Kier molecular flexibility index (Phi) is 4.98. The van der Waals surface area contributed by atoms with E-state index in [2.05, 4.69) is 10.5 Å². The van der Waals surface area contributed by atoms with Crippen LogP contribution in [0.3, 0.4) is 0 Å². The second-order valence-electron chi connectivity index (χ2n) is 5.67. The van der Waals surface area contributed by atoms with Gasteiger partial charge in [-0.15, -0.1) is 0 Å². The summed E-state index contributed by atoms with van der Waals surface area (Å²) >= 11 is 0. The summed E-state index contributed by atoms with van der Waals surface area (Å²) < 4.78 is 5.26. The van der Waals surface area contributed by atoms with Gasteiger partial charge in [-0.25, -0.2) is 4.79 Å². The summed E-state index contributed by atoms with van der Waals surface area (Å²) in [6, 6.07) is -0.902. The number of aromatic nitrogens is 1. The number of hydrogen-bond donors (Lipinski definition) is 2. The minimum Gasteiger partial charge on any atom is -0.480 e. The predicted molar refractivity (Wildman–Crippen MR) is 76.1 cm³/mol. The van der Waals surface area contributed by atoms with Gasteiger partial charge >= 0.3 is 5.97 Å². The molecular formula is C15H22N2O4. The van der Waals surface area contributed by atoms with Crippen LogP contribution >= 0.6 is 0 Å². The van der Waals surface area contributed by atoms with Gasteiger partial charge in [0.25, 0.3) is 5.91 Å². The van der Waals surface area contributed by atoms with Crippen LogP contribution < -0.4 is 5.32 Å². The molecule has 1 aromatic heterocycles. The first-order valence-corrected chi connectivity index (χ1v) is 7.55. The molecule has 0 saturated carbocycles. The monoisotopic (exact) mass is 294 g/mol. The van der Waals surface area contributed by atoms with Gasteiger partial charge in [0, 0.05) is 12.0 Å². The van der Waals surface area contributed by atoms with Crippen LogP contribution in [-0.2, 0) is 17.6 Å². The number of rotatable bonds is 5. The van der Waals surface area contributed by atoms with Crippen LogP contribution in [0.15, 0.2) is 4.52 Å². The molecule has 1 amide bonds. The van der Waals surface area contributed by atoms with Crippen LogP contribution in [0.1, 0.15) is 61.3 Å². The van der Waals surface area contributed by atoms with E-state index < -0.39 is 17.9 Å². The minimum absolute atomic E-state index is 0.142. The molecule has 6 heteroatoms. The van der Waals surface area contributed by atoms with Gasteiger partial charge in [-0.1, -0.05) is 31.8 Å². The normalized spacial score (nSPS) is 17.4. The van der Waals surface area contributed by atoms with Crippen LogP contribution in [0.2, 0.25) is 0 Å². The van der Waals surface area contributed by atoms with E-state index in [0.717, 1.165) is 43.4 Å². The van der Waals surface area contributed by atoms with Crippen molar-refractivity contribution in [3.05, 3.63) is 17.0 Å². The van der Waals surface area contributed by atoms with Crippen molar-refractivity contribution >= 4 is 11.9 Å². The van der Waals surface area contributed by atoms with Gasteiger partial charge < -0.3 is 14.9 Å². The smallest absolute Gasteiger partial charge is 0.326 e. The summed E-state index contributed by atoms with van der Waals surface area (Å²) in [5.74, 6) is -0.841. The molecule has 0 radical (unpaired) electrons. The summed E-state index contributed by atoms with van der Waals surface area (Å²) in [6.07, 6.45) is 5.38. The lowest BCUT2D eigenvalue weighted by Gasteiger charge is -2.19. The van der Waals surface area contributed by atoms with Gasteiger partial charge in [-0.3, -0.25) is 4.79 Å². The maximum Gasteiger partial charge on any atom is 0.326 e. The number of carbonyl (C=O) groups excluding carboxylic acids is 1. The highest BCUT2D eigenvalue weighted by Crippen LogP contribution is 2.23. The second-order valence-corrected chi connectivity index (χ2v) is 5.67. The molecule has 0 fully saturated rings. The summed E-state index contributed by atoms with van der Waals surface area (Å²) in [4.78, 5) is 23.6. The van der Waals surface area contributed by atoms with Crippen molar-refractivity contribution in [2.75, 3.05) is 0 Å². The van der Waals surface area contributed by atoms with Gasteiger partial charge in [0.15, 0.2) is 5.69 Å². The van der Waals surface area contributed by atoms with Crippen LogP contribution in [-0.4, -0.2) is 28.2 Å². The van der Waals surface area contributed by atoms with Gasteiger partial charge in [0.1, 0.15) is 11.8 Å². The standard InChI is InChI=1S/C15H22N2O4/c1-3-9(2)12(15(19)20)16-14(18)13-10-7-5-4-6-8-11(10)21-17-13/h9,12H,3-8H2,1-2H3,(H,16,18)(H,19,20). The third kappa shape index (κ3) is 3.43. The van der Waals surface area contributed by atoms with Crippen molar-refractivity contribution in [3.63, 3.8) is 0 Å². The molecule has 116 valence electrons. The molecule has 0 bridgehead atoms. The van der Waals surface area contributed by atoms with Crippen molar-refractivity contribution < 1.29 is 19.2 Å². The molecule has 0 aliphatic heterocycles. The first-order chi connectivity index (χ1) is 10.0. The maximum atomic E-state index is 12.3. The number of amides is 1. The number of hydrogen-bond acceptors (Lipinski definition) is 4. The summed E-state index contributed by atoms with van der Waals surface area (Å²) in [7, 11) is 0. The quantitative estimate of drug-likeness (QED) is 0.812. The van der Waals surface area contributed by atoms with Gasteiger partial charge in [-0.2, -0.15) is 0 Å². The average molecular weight is 294 g/mol. The first-order valence-electron chi connectivity index (χ1n) is 7.55. The molecular weight excluding hydrogens is 272 g/mol. The molecule has 1 aromatic rings.